The third-order valence-electron chi connectivity index (χ3n) is 2.69. The second kappa shape index (κ2) is 11.9. The van der Waals surface area contributed by atoms with Crippen LogP contribution in [0.1, 0.15) is 12.8 Å². The van der Waals surface area contributed by atoms with Crippen LogP contribution in [0.2, 0.25) is 0 Å². The van der Waals surface area contributed by atoms with E-state index in [0.29, 0.717) is 5.08 Å². The van der Waals surface area contributed by atoms with E-state index in [4.69, 9.17) is 26.8 Å². The van der Waals surface area contributed by atoms with Gasteiger partial charge in [-0.25, -0.2) is 4.79 Å². The molecule has 0 heterocycles. The molecule has 1 amide bonds. The molecule has 8 N–H and O–H groups in total. The number of hydrogen-bond acceptors (Lipinski definition) is 8. The zero-order valence-corrected chi connectivity index (χ0v) is 14.3. The van der Waals surface area contributed by atoms with Gasteiger partial charge in [-0.2, -0.15) is 0 Å². The molecule has 0 radical (unpaired) electrons. The first-order valence-corrected chi connectivity index (χ1v) is 9.10. The molecule has 3 atom stereocenters. The van der Waals surface area contributed by atoms with E-state index in [0.717, 1.165) is 0 Å². The van der Waals surface area contributed by atoms with Gasteiger partial charge in [0.25, 0.3) is 0 Å². The second-order valence-electron chi connectivity index (χ2n) is 4.74. The third-order valence-corrected chi connectivity index (χ3v) is 5.18. The van der Waals surface area contributed by atoms with E-state index in [2.05, 4.69) is 5.32 Å². The van der Waals surface area contributed by atoms with Gasteiger partial charge in [0, 0.05) is 23.0 Å². The number of carbonyl (C=O) groups excluding carboxylic acids is 1. The minimum absolute atomic E-state index is 0.0576. The molecule has 0 unspecified atom stereocenters. The topological polar surface area (TPSA) is 193 Å². The van der Waals surface area contributed by atoms with E-state index in [9.17, 15) is 19.2 Å². The molecule has 0 aliphatic carbocycles. The number of carboxylic acids is 3. The van der Waals surface area contributed by atoms with Crippen LogP contribution in [0.4, 0.5) is 0 Å². The Morgan fingerprint density at radius 2 is 1.50 bits per heavy atom. The highest BCUT2D eigenvalue weighted by atomic mass is 32.2. The predicted octanol–water partition coefficient (Wildman–Crippen LogP) is -1.42. The Morgan fingerprint density at radius 1 is 0.917 bits per heavy atom. The van der Waals surface area contributed by atoms with Crippen molar-refractivity contribution in [3.8, 4) is 0 Å². The van der Waals surface area contributed by atoms with Crippen LogP contribution < -0.4 is 16.8 Å². The quantitative estimate of drug-likeness (QED) is 0.161. The fourth-order valence-electron chi connectivity index (χ4n) is 1.33. The summed E-state index contributed by atoms with van der Waals surface area (Å²) in [4.78, 5) is 43.8. The van der Waals surface area contributed by atoms with Crippen LogP contribution in [0.5, 0.6) is 0 Å². The van der Waals surface area contributed by atoms with Crippen LogP contribution in [-0.4, -0.2) is 73.9 Å². The summed E-state index contributed by atoms with van der Waals surface area (Å²) in [5.74, 6) is -3.94. The Hall–Kier alpha value is -1.50. The summed E-state index contributed by atoms with van der Waals surface area (Å²) >= 11 is 2.44. The predicted molar refractivity (Wildman–Crippen MR) is 89.8 cm³/mol. The van der Waals surface area contributed by atoms with Crippen molar-refractivity contribution in [1.29, 1.82) is 0 Å². The first-order chi connectivity index (χ1) is 11.1. The standard InChI is InChI=1S/C12H21N3O7S2/c13-6(1-2-9(16)17)10(18)15-8(12(21)22)4-24-5-23-3-7(14)11(19)20/h6-8H,1-5,13-14H2,(H,15,18)(H,16,17)(H,19,20)(H,21,22)/t6-,7-,8-/m0/s1. The first-order valence-electron chi connectivity index (χ1n) is 6.79. The van der Waals surface area contributed by atoms with Gasteiger partial charge in [0.2, 0.25) is 5.91 Å². The van der Waals surface area contributed by atoms with E-state index in [1.165, 1.54) is 23.5 Å². The Morgan fingerprint density at radius 3 is 2.00 bits per heavy atom. The van der Waals surface area contributed by atoms with Crippen molar-refractivity contribution in [1.82, 2.24) is 5.32 Å². The van der Waals surface area contributed by atoms with Crippen molar-refractivity contribution in [3.63, 3.8) is 0 Å². The Balaban J connectivity index is 4.17. The monoisotopic (exact) mass is 383 g/mol. The molecule has 0 aromatic carbocycles. The summed E-state index contributed by atoms with van der Waals surface area (Å²) in [7, 11) is 0. The molecule has 0 bridgehead atoms. The largest absolute Gasteiger partial charge is 0.481 e. The first kappa shape index (κ1) is 22.5. The van der Waals surface area contributed by atoms with E-state index < -0.39 is 41.9 Å². The van der Waals surface area contributed by atoms with E-state index >= 15 is 0 Å². The maximum Gasteiger partial charge on any atom is 0.327 e. The minimum atomic E-state index is -1.24. The number of hydrogen-bond donors (Lipinski definition) is 6. The lowest BCUT2D eigenvalue weighted by molar-refractivity contribution is -0.141. The lowest BCUT2D eigenvalue weighted by atomic mass is 10.1. The van der Waals surface area contributed by atoms with Crippen LogP contribution >= 0.6 is 23.5 Å². The van der Waals surface area contributed by atoms with Crippen molar-refractivity contribution in [2.75, 3.05) is 16.6 Å². The van der Waals surface area contributed by atoms with Crippen molar-refractivity contribution < 1.29 is 34.5 Å². The Labute approximate surface area is 146 Å². The van der Waals surface area contributed by atoms with Crippen LogP contribution in [0.25, 0.3) is 0 Å². The molecule has 0 saturated carbocycles. The van der Waals surface area contributed by atoms with Gasteiger partial charge in [-0.15, -0.1) is 23.5 Å². The van der Waals surface area contributed by atoms with Crippen molar-refractivity contribution >= 4 is 47.3 Å². The normalized spacial score (nSPS) is 14.4. The van der Waals surface area contributed by atoms with Crippen LogP contribution in [0.3, 0.4) is 0 Å². The van der Waals surface area contributed by atoms with Crippen LogP contribution in [-0.2, 0) is 19.2 Å². The number of carbonyl (C=O) groups is 4. The Kier molecular flexibility index (Phi) is 11.2. The number of thioether (sulfide) groups is 2. The third kappa shape index (κ3) is 10.3. The number of amides is 1. The van der Waals surface area contributed by atoms with Gasteiger partial charge in [0.05, 0.1) is 6.04 Å². The van der Waals surface area contributed by atoms with E-state index in [-0.39, 0.29) is 24.3 Å². The number of nitrogens with two attached hydrogens (primary N) is 2. The van der Waals surface area contributed by atoms with Gasteiger partial charge >= 0.3 is 17.9 Å². The highest BCUT2D eigenvalue weighted by Gasteiger charge is 2.23. The molecule has 10 nitrogen and oxygen atoms in total. The zero-order valence-electron chi connectivity index (χ0n) is 12.7. The minimum Gasteiger partial charge on any atom is -0.481 e. The molecule has 0 aliphatic rings. The molecular weight excluding hydrogens is 362 g/mol. The van der Waals surface area contributed by atoms with Crippen LogP contribution in [0, 0.1) is 0 Å². The molecule has 12 heteroatoms. The summed E-state index contributed by atoms with van der Waals surface area (Å²) in [6.45, 7) is 0. The molecule has 0 spiro atoms. The van der Waals surface area contributed by atoms with Crippen molar-refractivity contribution in [3.05, 3.63) is 0 Å². The van der Waals surface area contributed by atoms with Gasteiger partial charge < -0.3 is 32.1 Å². The van der Waals surface area contributed by atoms with Gasteiger partial charge in [0.15, 0.2) is 0 Å². The molecule has 0 aromatic rings. The number of nitrogens with one attached hydrogen (secondary N) is 1. The molecule has 138 valence electrons. The van der Waals surface area contributed by atoms with E-state index in [1.54, 1.807) is 0 Å². The van der Waals surface area contributed by atoms with Crippen molar-refractivity contribution in [2.24, 2.45) is 11.5 Å². The zero-order chi connectivity index (χ0) is 18.7. The number of aliphatic carboxylic acids is 3. The summed E-state index contributed by atoms with van der Waals surface area (Å²) < 4.78 is 0. The van der Waals surface area contributed by atoms with Gasteiger partial charge in [-0.05, 0) is 6.42 Å². The maximum absolute atomic E-state index is 11.7. The fraction of sp³-hybridized carbons (Fsp3) is 0.667. The Bertz CT molecular complexity index is 464. The fourth-order valence-corrected chi connectivity index (χ4v) is 3.43. The summed E-state index contributed by atoms with van der Waals surface area (Å²) in [5, 5.41) is 28.9. The SMILES string of the molecule is N[C@@H](CSCSC[C@H](NC(=O)[C@@H](N)CCC(=O)O)C(=O)O)C(=O)O. The van der Waals surface area contributed by atoms with Crippen LogP contribution in [0.15, 0.2) is 0 Å². The smallest absolute Gasteiger partial charge is 0.327 e. The lowest BCUT2D eigenvalue weighted by Crippen LogP contribution is -2.49. The molecule has 0 aromatic heterocycles. The number of carboxylic acid groups (broad SMARTS) is 3. The molecule has 0 saturated heterocycles. The average Bonchev–Trinajstić information content (AvgIpc) is 2.50. The van der Waals surface area contributed by atoms with Gasteiger partial charge in [-0.3, -0.25) is 14.4 Å². The maximum atomic E-state index is 11.7. The highest BCUT2D eigenvalue weighted by Crippen LogP contribution is 2.14. The molecule has 0 aliphatic heterocycles. The average molecular weight is 383 g/mol. The molecular formula is C12H21N3O7S2. The lowest BCUT2D eigenvalue weighted by Gasteiger charge is -2.17. The molecule has 0 rings (SSSR count). The summed E-state index contributed by atoms with van der Waals surface area (Å²) in [5.41, 5.74) is 10.8. The summed E-state index contributed by atoms with van der Waals surface area (Å²) in [6, 6.07) is -3.26. The molecule has 0 fully saturated rings. The van der Waals surface area contributed by atoms with E-state index in [1.807, 2.05) is 0 Å². The summed E-state index contributed by atoms with van der Waals surface area (Å²) in [6.07, 6.45) is -0.384. The second-order valence-corrected chi connectivity index (χ2v) is 7.17. The molecule has 24 heavy (non-hydrogen) atoms. The highest BCUT2D eigenvalue weighted by molar-refractivity contribution is 8.16. The van der Waals surface area contributed by atoms with Gasteiger partial charge in [-0.1, -0.05) is 0 Å². The number of rotatable bonds is 13. The van der Waals surface area contributed by atoms with Crippen molar-refractivity contribution in [2.45, 2.75) is 31.0 Å². The van der Waals surface area contributed by atoms with Gasteiger partial charge in [0.1, 0.15) is 12.1 Å².